The van der Waals surface area contributed by atoms with Crippen LogP contribution >= 0.6 is 0 Å². The molecule has 1 atom stereocenters. The second kappa shape index (κ2) is 12.5. The lowest BCUT2D eigenvalue weighted by Gasteiger charge is -2.27. The third-order valence-corrected chi connectivity index (χ3v) is 7.52. The van der Waals surface area contributed by atoms with E-state index in [4.69, 9.17) is 9.78 Å². The molecule has 0 aliphatic heterocycles. The molecule has 0 saturated heterocycles. The lowest BCUT2D eigenvalue weighted by molar-refractivity contribution is -0.114. The molecule has 2 N–H and O–H groups in total. The number of nitriles is 1. The summed E-state index contributed by atoms with van der Waals surface area (Å²) in [5, 5.41) is 26.0. The van der Waals surface area contributed by atoms with Crippen LogP contribution in [0.4, 0.5) is 0 Å². The number of aliphatic hydroxyl groups excluding tert-OH is 1. The smallest absolute Gasteiger partial charge is 0.258 e. The van der Waals surface area contributed by atoms with Crippen LogP contribution in [0.2, 0.25) is 0 Å². The topological polar surface area (TPSA) is 129 Å². The Morgan fingerprint density at radius 2 is 1.43 bits per heavy atom. The highest BCUT2D eigenvalue weighted by Gasteiger charge is 2.32. The zero-order valence-corrected chi connectivity index (χ0v) is 24.7. The van der Waals surface area contributed by atoms with Crippen molar-refractivity contribution in [2.45, 2.75) is 38.1 Å². The van der Waals surface area contributed by atoms with Crippen LogP contribution < -0.4 is 5.32 Å². The number of rotatable bonds is 9. The number of aromatic nitrogens is 2. The van der Waals surface area contributed by atoms with Gasteiger partial charge in [0.25, 0.3) is 11.8 Å². The van der Waals surface area contributed by atoms with Gasteiger partial charge in [-0.2, -0.15) is 10.2 Å². The summed E-state index contributed by atoms with van der Waals surface area (Å²) in [6.07, 6.45) is 0.683. The molecule has 44 heavy (non-hydrogen) atoms. The number of aliphatic hydroxyl groups is 1. The Bertz CT molecular complexity index is 1800. The van der Waals surface area contributed by atoms with Gasteiger partial charge in [-0.15, -0.1) is 0 Å². The van der Waals surface area contributed by atoms with Gasteiger partial charge in [0.2, 0.25) is 5.82 Å². The number of nitrogens with one attached hydrogen (secondary N) is 1. The molecule has 0 aliphatic rings. The summed E-state index contributed by atoms with van der Waals surface area (Å²) in [7, 11) is 0. The maximum absolute atomic E-state index is 13.0. The van der Waals surface area contributed by atoms with Gasteiger partial charge in [0.05, 0.1) is 18.2 Å². The van der Waals surface area contributed by atoms with E-state index < -0.39 is 18.1 Å². The number of carbonyl (C=O) groups is 2. The van der Waals surface area contributed by atoms with Crippen molar-refractivity contribution in [1.29, 1.82) is 5.26 Å². The van der Waals surface area contributed by atoms with E-state index >= 15 is 0 Å². The van der Waals surface area contributed by atoms with Crippen molar-refractivity contribution in [3.05, 3.63) is 119 Å². The van der Waals surface area contributed by atoms with Gasteiger partial charge < -0.3 is 19.7 Å². The normalized spacial score (nSPS) is 12.6. The zero-order chi connectivity index (χ0) is 31.3. The third kappa shape index (κ3) is 6.64. The van der Waals surface area contributed by atoms with Crippen molar-refractivity contribution >= 4 is 12.2 Å². The zero-order valence-electron chi connectivity index (χ0n) is 24.7. The number of nitrogens with zero attached hydrogens (tertiary/aromatic N) is 3. The average molecular weight is 585 g/mol. The molecule has 8 heteroatoms. The number of benzene rings is 4. The van der Waals surface area contributed by atoms with Crippen LogP contribution in [0.1, 0.15) is 47.8 Å². The summed E-state index contributed by atoms with van der Waals surface area (Å²) in [5.41, 5.74) is 4.77. The molecule has 8 nitrogen and oxygen atoms in total. The van der Waals surface area contributed by atoms with Crippen LogP contribution in [0.5, 0.6) is 0 Å². The molecule has 4 aromatic carbocycles. The van der Waals surface area contributed by atoms with E-state index in [0.717, 1.165) is 27.8 Å². The number of carbonyl (C=O) groups excluding carboxylic acids is 2. The van der Waals surface area contributed by atoms with Crippen molar-refractivity contribution in [3.63, 3.8) is 0 Å². The molecule has 5 rings (SSSR count). The monoisotopic (exact) mass is 584 g/mol. The second-order valence-electron chi connectivity index (χ2n) is 11.8. The Kier molecular flexibility index (Phi) is 8.52. The first-order valence-electron chi connectivity index (χ1n) is 14.2. The average Bonchev–Trinajstić information content (AvgIpc) is 3.55. The molecule has 0 unspecified atom stereocenters. The first-order chi connectivity index (χ1) is 21.1. The second-order valence-corrected chi connectivity index (χ2v) is 11.8. The Balaban J connectivity index is 1.26. The van der Waals surface area contributed by atoms with E-state index in [9.17, 15) is 14.7 Å². The minimum atomic E-state index is -1.48. The first-order valence-corrected chi connectivity index (χ1v) is 14.2. The van der Waals surface area contributed by atoms with Crippen molar-refractivity contribution in [2.75, 3.05) is 6.61 Å². The van der Waals surface area contributed by atoms with Gasteiger partial charge in [-0.05, 0) is 64.1 Å². The summed E-state index contributed by atoms with van der Waals surface area (Å²) in [6, 6.07) is 31.6. The molecular formula is C36H32N4O4. The molecule has 5 aromatic rings. The molecule has 0 spiro atoms. The van der Waals surface area contributed by atoms with Crippen molar-refractivity contribution in [1.82, 2.24) is 15.5 Å². The number of amides is 1. The Labute approximate surface area is 256 Å². The van der Waals surface area contributed by atoms with Gasteiger partial charge >= 0.3 is 0 Å². The Morgan fingerprint density at radius 3 is 1.98 bits per heavy atom. The highest BCUT2D eigenvalue weighted by atomic mass is 16.5. The van der Waals surface area contributed by atoms with Crippen molar-refractivity contribution in [3.8, 4) is 40.0 Å². The van der Waals surface area contributed by atoms with Gasteiger partial charge in [-0.1, -0.05) is 86.6 Å². The maximum atomic E-state index is 13.0. The van der Waals surface area contributed by atoms with E-state index in [-0.39, 0.29) is 11.8 Å². The summed E-state index contributed by atoms with van der Waals surface area (Å²) < 4.78 is 5.51. The molecular weight excluding hydrogens is 552 g/mol. The standard InChI is InChI=1S/C36H32N4O4/c1-35(2,3)31-18-16-29(17-19-31)33(43)39-36(22-41,23-42)20-24-4-10-28(11-5-24)32-38-34(44-40-32)30-14-12-27(13-15-30)26-8-6-25(21-37)7-9-26/h4-19,22,42H,20,23H2,1-3H3,(H,39,43)/t36-/m0/s1. The number of hydrogen-bond donors (Lipinski definition) is 2. The molecule has 0 bridgehead atoms. The summed E-state index contributed by atoms with van der Waals surface area (Å²) in [5.74, 6) is 0.333. The molecule has 1 heterocycles. The fourth-order valence-corrected chi connectivity index (χ4v) is 4.80. The van der Waals surface area contributed by atoms with E-state index in [1.54, 1.807) is 48.5 Å². The van der Waals surface area contributed by atoms with Crippen LogP contribution in [-0.2, 0) is 16.6 Å². The van der Waals surface area contributed by atoms with Gasteiger partial charge in [0.15, 0.2) is 0 Å². The SMILES string of the molecule is CC(C)(C)c1ccc(C(=O)N[C@@](C=O)(CO)Cc2ccc(-c3noc(-c4ccc(-c5ccc(C#N)cc5)cc4)n3)cc2)cc1. The molecule has 0 fully saturated rings. The van der Waals surface area contributed by atoms with Crippen LogP contribution in [0.25, 0.3) is 34.0 Å². The fourth-order valence-electron chi connectivity index (χ4n) is 4.80. The number of aldehydes is 1. The quantitative estimate of drug-likeness (QED) is 0.199. The molecule has 220 valence electrons. The first kappa shape index (κ1) is 30.1. The molecule has 1 amide bonds. The minimum Gasteiger partial charge on any atom is -0.393 e. The van der Waals surface area contributed by atoms with E-state index in [1.165, 1.54) is 0 Å². The van der Waals surface area contributed by atoms with Crippen LogP contribution in [-0.4, -0.2) is 39.6 Å². The fraction of sp³-hybridized carbons (Fsp3) is 0.194. The van der Waals surface area contributed by atoms with Crippen LogP contribution in [0.15, 0.2) is 102 Å². The predicted molar refractivity (Wildman–Crippen MR) is 168 cm³/mol. The lowest BCUT2D eigenvalue weighted by Crippen LogP contribution is -2.54. The van der Waals surface area contributed by atoms with Gasteiger partial charge in [0, 0.05) is 23.1 Å². The van der Waals surface area contributed by atoms with E-state index in [2.05, 4.69) is 42.3 Å². The summed E-state index contributed by atoms with van der Waals surface area (Å²) >= 11 is 0. The minimum absolute atomic E-state index is 0.0541. The summed E-state index contributed by atoms with van der Waals surface area (Å²) in [6.45, 7) is 5.72. The molecule has 0 aliphatic carbocycles. The third-order valence-electron chi connectivity index (χ3n) is 7.52. The lowest BCUT2D eigenvalue weighted by atomic mass is 9.86. The van der Waals surface area contributed by atoms with Crippen molar-refractivity contribution in [2.24, 2.45) is 0 Å². The van der Waals surface area contributed by atoms with Gasteiger partial charge in [-0.25, -0.2) is 0 Å². The predicted octanol–water partition coefficient (Wildman–Crippen LogP) is 6.14. The molecule has 0 radical (unpaired) electrons. The van der Waals surface area contributed by atoms with Gasteiger partial charge in [0.1, 0.15) is 11.8 Å². The van der Waals surface area contributed by atoms with Gasteiger partial charge in [-0.3, -0.25) is 4.79 Å². The highest BCUT2D eigenvalue weighted by Crippen LogP contribution is 2.27. The van der Waals surface area contributed by atoms with Crippen LogP contribution in [0.3, 0.4) is 0 Å². The Morgan fingerprint density at radius 1 is 0.864 bits per heavy atom. The van der Waals surface area contributed by atoms with E-state index in [0.29, 0.717) is 34.7 Å². The van der Waals surface area contributed by atoms with E-state index in [1.807, 2.05) is 48.5 Å². The number of hydrogen-bond acceptors (Lipinski definition) is 7. The Hall–Kier alpha value is -5.39. The van der Waals surface area contributed by atoms with Crippen LogP contribution in [0, 0.1) is 11.3 Å². The highest BCUT2D eigenvalue weighted by molar-refractivity contribution is 5.96. The molecule has 1 aromatic heterocycles. The molecule has 0 saturated carbocycles. The maximum Gasteiger partial charge on any atom is 0.258 e. The largest absolute Gasteiger partial charge is 0.393 e. The van der Waals surface area contributed by atoms with Crippen molar-refractivity contribution < 1.29 is 19.2 Å². The summed E-state index contributed by atoms with van der Waals surface area (Å²) in [4.78, 5) is 29.7.